The predicted molar refractivity (Wildman–Crippen MR) is 116 cm³/mol. The molecule has 1 amide bonds. The Hall–Kier alpha value is -2.51. The number of hydrogen-bond acceptors (Lipinski definition) is 3. The van der Waals surface area contributed by atoms with Crippen LogP contribution in [0.3, 0.4) is 0 Å². The molecule has 2 aliphatic rings. The van der Waals surface area contributed by atoms with Gasteiger partial charge in [0.25, 0.3) is 0 Å². The van der Waals surface area contributed by atoms with Crippen LogP contribution in [0.15, 0.2) is 48.5 Å². The molecule has 29 heavy (non-hydrogen) atoms. The van der Waals surface area contributed by atoms with E-state index < -0.39 is 0 Å². The third-order valence-electron chi connectivity index (χ3n) is 6.22. The molecule has 5 heteroatoms. The highest BCUT2D eigenvalue weighted by Gasteiger charge is 2.34. The van der Waals surface area contributed by atoms with E-state index in [1.165, 1.54) is 18.4 Å². The van der Waals surface area contributed by atoms with Crippen molar-refractivity contribution in [3.8, 4) is 6.07 Å². The van der Waals surface area contributed by atoms with Crippen LogP contribution in [-0.4, -0.2) is 29.9 Å². The lowest BCUT2D eigenvalue weighted by Crippen LogP contribution is -2.40. The maximum absolute atomic E-state index is 12.9. The van der Waals surface area contributed by atoms with Crippen LogP contribution in [0.4, 0.5) is 5.69 Å². The predicted octanol–water partition coefficient (Wildman–Crippen LogP) is 5.01. The number of hydrogen-bond donors (Lipinski definition) is 0. The van der Waals surface area contributed by atoms with Gasteiger partial charge in [0.05, 0.1) is 10.6 Å². The Morgan fingerprint density at radius 1 is 1.14 bits per heavy atom. The Labute approximate surface area is 177 Å². The fourth-order valence-corrected chi connectivity index (χ4v) is 4.83. The minimum Gasteiger partial charge on any atom is -0.362 e. The number of likely N-dealkylation sites (tertiary alicyclic amines) is 1. The van der Waals surface area contributed by atoms with E-state index in [2.05, 4.69) is 28.0 Å². The minimum atomic E-state index is 0.223. The van der Waals surface area contributed by atoms with Gasteiger partial charge in [0.1, 0.15) is 6.07 Å². The summed E-state index contributed by atoms with van der Waals surface area (Å²) in [7, 11) is 0. The molecule has 1 atom stereocenters. The first kappa shape index (κ1) is 19.8. The molecule has 2 aromatic carbocycles. The summed E-state index contributed by atoms with van der Waals surface area (Å²) in [5.74, 6) is 0.559. The second kappa shape index (κ2) is 8.88. The van der Waals surface area contributed by atoms with Gasteiger partial charge in [0, 0.05) is 37.3 Å². The van der Waals surface area contributed by atoms with Gasteiger partial charge in [-0.2, -0.15) is 5.26 Å². The van der Waals surface area contributed by atoms with Crippen LogP contribution in [0.25, 0.3) is 0 Å². The number of carbonyl (C=O) groups is 1. The number of nitrogens with zero attached hydrogens (tertiary/aromatic N) is 3. The van der Waals surface area contributed by atoms with E-state index in [1.54, 1.807) is 6.07 Å². The van der Waals surface area contributed by atoms with Crippen LogP contribution in [-0.2, 0) is 11.3 Å². The first-order valence-electron chi connectivity index (χ1n) is 10.4. The Balaban J connectivity index is 1.56. The van der Waals surface area contributed by atoms with E-state index in [0.717, 1.165) is 44.6 Å². The maximum atomic E-state index is 12.9. The number of halogens is 1. The molecule has 1 aliphatic heterocycles. The molecule has 0 aromatic heterocycles. The van der Waals surface area contributed by atoms with Crippen molar-refractivity contribution >= 4 is 23.2 Å². The summed E-state index contributed by atoms with van der Waals surface area (Å²) in [4.78, 5) is 17.3. The third kappa shape index (κ3) is 4.41. The fraction of sp³-hybridized carbons (Fsp3) is 0.417. The van der Waals surface area contributed by atoms with Crippen LogP contribution in [0, 0.1) is 17.2 Å². The molecule has 2 aromatic rings. The zero-order chi connectivity index (χ0) is 20.2. The monoisotopic (exact) mass is 407 g/mol. The third-order valence-corrected chi connectivity index (χ3v) is 6.53. The first-order chi connectivity index (χ1) is 14.2. The molecule has 1 heterocycles. The number of anilines is 1. The number of carbonyl (C=O) groups excluding carboxylic acids is 1. The highest BCUT2D eigenvalue weighted by atomic mass is 35.5. The highest BCUT2D eigenvalue weighted by Crippen LogP contribution is 2.32. The Bertz CT molecular complexity index is 902. The second-order valence-electron chi connectivity index (χ2n) is 8.10. The van der Waals surface area contributed by atoms with Gasteiger partial charge in [-0.25, -0.2) is 0 Å². The zero-order valence-electron chi connectivity index (χ0n) is 16.6. The summed E-state index contributed by atoms with van der Waals surface area (Å²) in [6, 6.07) is 18.3. The molecule has 0 radical (unpaired) electrons. The van der Waals surface area contributed by atoms with E-state index in [4.69, 9.17) is 11.6 Å². The minimum absolute atomic E-state index is 0.223. The lowest BCUT2D eigenvalue weighted by molar-refractivity contribution is -0.134. The van der Waals surface area contributed by atoms with Gasteiger partial charge in [-0.3, -0.25) is 4.79 Å². The van der Waals surface area contributed by atoms with E-state index >= 15 is 0 Å². The fourth-order valence-electron chi connectivity index (χ4n) is 4.61. The highest BCUT2D eigenvalue weighted by molar-refractivity contribution is 6.32. The second-order valence-corrected chi connectivity index (χ2v) is 8.50. The van der Waals surface area contributed by atoms with Crippen molar-refractivity contribution < 1.29 is 4.79 Å². The molecule has 150 valence electrons. The van der Waals surface area contributed by atoms with Gasteiger partial charge in [0.15, 0.2) is 0 Å². The number of amides is 1. The summed E-state index contributed by atoms with van der Waals surface area (Å²) in [6.45, 7) is 2.31. The molecule has 0 bridgehead atoms. The van der Waals surface area contributed by atoms with E-state index in [0.29, 0.717) is 16.5 Å². The average Bonchev–Trinajstić information content (AvgIpc) is 3.45. The average molecular weight is 408 g/mol. The molecule has 0 unspecified atom stereocenters. The number of rotatable bonds is 5. The molecular formula is C24H26ClN3O. The maximum Gasteiger partial charge on any atom is 0.225 e. The van der Waals surface area contributed by atoms with Crippen LogP contribution in [0.5, 0.6) is 0 Å². The molecule has 2 fully saturated rings. The van der Waals surface area contributed by atoms with Crippen molar-refractivity contribution in [3.05, 3.63) is 64.7 Å². The van der Waals surface area contributed by atoms with Gasteiger partial charge in [-0.1, -0.05) is 54.8 Å². The van der Waals surface area contributed by atoms with Gasteiger partial charge in [-0.05, 0) is 43.0 Å². The van der Waals surface area contributed by atoms with Crippen LogP contribution < -0.4 is 4.90 Å². The summed E-state index contributed by atoms with van der Waals surface area (Å²) >= 11 is 6.33. The van der Waals surface area contributed by atoms with E-state index in [1.807, 2.05) is 30.3 Å². The summed E-state index contributed by atoms with van der Waals surface area (Å²) < 4.78 is 0. The van der Waals surface area contributed by atoms with Crippen molar-refractivity contribution in [1.29, 1.82) is 5.26 Å². The number of benzene rings is 2. The zero-order valence-corrected chi connectivity index (χ0v) is 17.3. The largest absolute Gasteiger partial charge is 0.362 e. The number of nitriles is 1. The lowest BCUT2D eigenvalue weighted by Gasteiger charge is -2.32. The van der Waals surface area contributed by atoms with Crippen molar-refractivity contribution in [3.63, 3.8) is 0 Å². The van der Waals surface area contributed by atoms with Crippen molar-refractivity contribution in [2.45, 2.75) is 44.7 Å². The summed E-state index contributed by atoms with van der Waals surface area (Å²) in [6.07, 6.45) is 5.38. The van der Waals surface area contributed by atoms with Gasteiger partial charge < -0.3 is 9.80 Å². The first-order valence-corrected chi connectivity index (χ1v) is 10.8. The molecule has 0 spiro atoms. The Morgan fingerprint density at radius 2 is 1.90 bits per heavy atom. The Morgan fingerprint density at radius 3 is 2.59 bits per heavy atom. The molecule has 1 saturated heterocycles. The summed E-state index contributed by atoms with van der Waals surface area (Å²) in [5.41, 5.74) is 2.70. The molecule has 1 aliphatic carbocycles. The standard InChI is InChI=1S/C24H26ClN3O/c25-23-14-21(11-10-20(23)15-26)28(16-18-6-2-1-3-7-18)22-12-13-27(17-22)24(29)19-8-4-5-9-19/h1-3,6-7,10-11,14,19,22H,4-5,8-9,12-13,16-17H2/t22-/m0/s1. The van der Waals surface area contributed by atoms with Gasteiger partial charge in [0.2, 0.25) is 5.91 Å². The topological polar surface area (TPSA) is 47.3 Å². The Kier molecular flexibility index (Phi) is 6.06. The summed E-state index contributed by atoms with van der Waals surface area (Å²) in [5, 5.41) is 9.67. The molecule has 0 N–H and O–H groups in total. The SMILES string of the molecule is N#Cc1ccc(N(Cc2ccccc2)[C@H]2CCN(C(=O)C3CCCC3)C2)cc1Cl. The van der Waals surface area contributed by atoms with E-state index in [-0.39, 0.29) is 12.0 Å². The molecular weight excluding hydrogens is 382 g/mol. The van der Waals surface area contributed by atoms with Crippen LogP contribution >= 0.6 is 11.6 Å². The van der Waals surface area contributed by atoms with Crippen molar-refractivity contribution in [2.24, 2.45) is 5.92 Å². The smallest absolute Gasteiger partial charge is 0.225 e. The molecule has 4 nitrogen and oxygen atoms in total. The van der Waals surface area contributed by atoms with Crippen LogP contribution in [0.1, 0.15) is 43.2 Å². The van der Waals surface area contributed by atoms with Gasteiger partial charge >= 0.3 is 0 Å². The van der Waals surface area contributed by atoms with Gasteiger partial charge in [-0.15, -0.1) is 0 Å². The molecule has 4 rings (SSSR count). The van der Waals surface area contributed by atoms with Crippen LogP contribution in [0.2, 0.25) is 5.02 Å². The van der Waals surface area contributed by atoms with E-state index in [9.17, 15) is 10.1 Å². The quantitative estimate of drug-likeness (QED) is 0.699. The normalized spacial score (nSPS) is 19.3. The lowest BCUT2D eigenvalue weighted by atomic mass is 10.1. The molecule has 1 saturated carbocycles. The van der Waals surface area contributed by atoms with Crippen molar-refractivity contribution in [1.82, 2.24) is 4.90 Å². The van der Waals surface area contributed by atoms with Crippen molar-refractivity contribution in [2.75, 3.05) is 18.0 Å².